The summed E-state index contributed by atoms with van der Waals surface area (Å²) < 4.78 is 13.3. The van der Waals surface area contributed by atoms with E-state index in [-0.39, 0.29) is 5.82 Å². The third-order valence-electron chi connectivity index (χ3n) is 3.37. The molecular weight excluding hydrogens is 189 g/mol. The van der Waals surface area contributed by atoms with E-state index in [1.165, 1.54) is 25.3 Å². The minimum absolute atomic E-state index is 0.101. The van der Waals surface area contributed by atoms with Crippen LogP contribution in [0.1, 0.15) is 31.7 Å². The van der Waals surface area contributed by atoms with E-state index in [0.29, 0.717) is 12.6 Å². The van der Waals surface area contributed by atoms with Crippen LogP contribution in [0.15, 0.2) is 24.3 Å². The fraction of sp³-hybridized carbons (Fsp3) is 0.538. The Balaban J connectivity index is 1.90. The van der Waals surface area contributed by atoms with Gasteiger partial charge in [-0.15, -0.1) is 0 Å². The first-order chi connectivity index (χ1) is 7.27. The Hall–Kier alpha value is -0.890. The van der Waals surface area contributed by atoms with Gasteiger partial charge in [0.15, 0.2) is 0 Å². The van der Waals surface area contributed by atoms with Gasteiger partial charge in [-0.3, -0.25) is 0 Å². The summed E-state index contributed by atoms with van der Waals surface area (Å²) in [7, 11) is 0. The molecule has 0 bridgehead atoms. The minimum atomic E-state index is -0.101. The lowest BCUT2D eigenvalue weighted by molar-refractivity contribution is 0.421. The summed E-state index contributed by atoms with van der Waals surface area (Å²) in [5.74, 6) is 0.632. The molecular formula is C13H18FN. The standard InChI is InChI=1S/C13H18FN/c1-10-5-4-8-13(10)15-9-11-6-2-3-7-12(11)14/h2-3,6-7,10,13,15H,4-5,8-9H2,1H3/t10-,13-/m1/s1. The van der Waals surface area contributed by atoms with Crippen molar-refractivity contribution in [3.8, 4) is 0 Å². The molecule has 0 aromatic heterocycles. The molecule has 0 aliphatic heterocycles. The maximum absolute atomic E-state index is 13.3. The molecule has 2 atom stereocenters. The Morgan fingerprint density at radius 3 is 2.80 bits per heavy atom. The van der Waals surface area contributed by atoms with E-state index in [1.807, 2.05) is 12.1 Å². The van der Waals surface area contributed by atoms with E-state index in [0.717, 1.165) is 11.5 Å². The lowest BCUT2D eigenvalue weighted by atomic mass is 10.1. The van der Waals surface area contributed by atoms with Crippen LogP contribution in [-0.4, -0.2) is 6.04 Å². The molecule has 1 saturated carbocycles. The largest absolute Gasteiger partial charge is 0.310 e. The topological polar surface area (TPSA) is 12.0 Å². The van der Waals surface area contributed by atoms with Crippen LogP contribution in [0.2, 0.25) is 0 Å². The van der Waals surface area contributed by atoms with Crippen molar-refractivity contribution in [2.45, 2.75) is 38.8 Å². The summed E-state index contributed by atoms with van der Waals surface area (Å²) in [4.78, 5) is 0. The number of benzene rings is 1. The first kappa shape index (κ1) is 10.6. The van der Waals surface area contributed by atoms with Crippen molar-refractivity contribution >= 4 is 0 Å². The number of hydrogen-bond acceptors (Lipinski definition) is 1. The zero-order valence-corrected chi connectivity index (χ0v) is 9.17. The van der Waals surface area contributed by atoms with Crippen molar-refractivity contribution in [2.75, 3.05) is 0 Å². The van der Waals surface area contributed by atoms with Crippen LogP contribution < -0.4 is 5.32 Å². The Kier molecular flexibility index (Phi) is 3.37. The molecule has 1 aliphatic rings. The molecule has 2 heteroatoms. The zero-order chi connectivity index (χ0) is 10.7. The molecule has 15 heavy (non-hydrogen) atoms. The van der Waals surface area contributed by atoms with Crippen LogP contribution in [-0.2, 0) is 6.54 Å². The molecule has 2 rings (SSSR count). The van der Waals surface area contributed by atoms with Crippen molar-refractivity contribution in [2.24, 2.45) is 5.92 Å². The van der Waals surface area contributed by atoms with Gasteiger partial charge in [0.2, 0.25) is 0 Å². The average molecular weight is 207 g/mol. The molecule has 0 heterocycles. The highest BCUT2D eigenvalue weighted by molar-refractivity contribution is 5.17. The summed E-state index contributed by atoms with van der Waals surface area (Å²) in [5.41, 5.74) is 0.775. The first-order valence-electron chi connectivity index (χ1n) is 5.74. The van der Waals surface area contributed by atoms with E-state index in [9.17, 15) is 4.39 Å². The molecule has 0 amide bonds. The number of nitrogens with one attached hydrogen (secondary N) is 1. The summed E-state index contributed by atoms with van der Waals surface area (Å²) in [6, 6.07) is 7.57. The van der Waals surface area contributed by atoms with Crippen molar-refractivity contribution in [1.82, 2.24) is 5.32 Å². The fourth-order valence-corrected chi connectivity index (χ4v) is 2.33. The van der Waals surface area contributed by atoms with Crippen molar-refractivity contribution in [3.63, 3.8) is 0 Å². The third kappa shape index (κ3) is 2.57. The number of halogens is 1. The van der Waals surface area contributed by atoms with Gasteiger partial charge < -0.3 is 5.32 Å². The van der Waals surface area contributed by atoms with Gasteiger partial charge in [0.1, 0.15) is 5.82 Å². The Morgan fingerprint density at radius 2 is 2.13 bits per heavy atom. The Bertz CT molecular complexity index is 324. The van der Waals surface area contributed by atoms with Gasteiger partial charge in [0, 0.05) is 18.2 Å². The van der Waals surface area contributed by atoms with Gasteiger partial charge in [0.25, 0.3) is 0 Å². The molecule has 0 spiro atoms. The van der Waals surface area contributed by atoms with Crippen LogP contribution >= 0.6 is 0 Å². The van der Waals surface area contributed by atoms with Gasteiger partial charge >= 0.3 is 0 Å². The van der Waals surface area contributed by atoms with Gasteiger partial charge in [-0.05, 0) is 24.8 Å². The van der Waals surface area contributed by atoms with Crippen molar-refractivity contribution in [3.05, 3.63) is 35.6 Å². The summed E-state index contributed by atoms with van der Waals surface area (Å²) >= 11 is 0. The van der Waals surface area contributed by atoms with Gasteiger partial charge in [0.05, 0.1) is 0 Å². The van der Waals surface area contributed by atoms with E-state index >= 15 is 0 Å². The van der Waals surface area contributed by atoms with Crippen LogP contribution in [0.25, 0.3) is 0 Å². The predicted molar refractivity (Wildman–Crippen MR) is 60.0 cm³/mol. The van der Waals surface area contributed by atoms with E-state index < -0.39 is 0 Å². The lowest BCUT2D eigenvalue weighted by Gasteiger charge is -2.17. The van der Waals surface area contributed by atoms with Crippen LogP contribution in [0, 0.1) is 11.7 Å². The number of rotatable bonds is 3. The van der Waals surface area contributed by atoms with E-state index in [1.54, 1.807) is 6.07 Å². The Labute approximate surface area is 90.7 Å². The molecule has 0 radical (unpaired) electrons. The summed E-state index contributed by atoms with van der Waals surface area (Å²) in [6.45, 7) is 2.92. The predicted octanol–water partition coefficient (Wildman–Crippen LogP) is 3.10. The summed E-state index contributed by atoms with van der Waals surface area (Å²) in [6.07, 6.45) is 3.83. The highest BCUT2D eigenvalue weighted by Gasteiger charge is 2.22. The highest BCUT2D eigenvalue weighted by atomic mass is 19.1. The van der Waals surface area contributed by atoms with E-state index in [4.69, 9.17) is 0 Å². The van der Waals surface area contributed by atoms with Crippen molar-refractivity contribution in [1.29, 1.82) is 0 Å². The number of hydrogen-bond donors (Lipinski definition) is 1. The van der Waals surface area contributed by atoms with Crippen LogP contribution in [0.3, 0.4) is 0 Å². The second-order valence-corrected chi connectivity index (χ2v) is 4.49. The molecule has 1 N–H and O–H groups in total. The molecule has 1 aromatic carbocycles. The third-order valence-corrected chi connectivity index (χ3v) is 3.37. The second-order valence-electron chi connectivity index (χ2n) is 4.49. The van der Waals surface area contributed by atoms with Gasteiger partial charge in [-0.25, -0.2) is 4.39 Å². The van der Waals surface area contributed by atoms with Gasteiger partial charge in [-0.1, -0.05) is 31.5 Å². The molecule has 1 fully saturated rings. The lowest BCUT2D eigenvalue weighted by Crippen LogP contribution is -2.30. The SMILES string of the molecule is C[C@@H]1CCC[C@H]1NCc1ccccc1F. The maximum Gasteiger partial charge on any atom is 0.127 e. The summed E-state index contributed by atoms with van der Waals surface area (Å²) in [5, 5.41) is 3.45. The zero-order valence-electron chi connectivity index (χ0n) is 9.17. The molecule has 0 saturated heterocycles. The monoisotopic (exact) mass is 207 g/mol. The normalized spacial score (nSPS) is 25.7. The fourth-order valence-electron chi connectivity index (χ4n) is 2.33. The molecule has 1 aromatic rings. The second kappa shape index (κ2) is 4.75. The minimum Gasteiger partial charge on any atom is -0.310 e. The van der Waals surface area contributed by atoms with Crippen molar-refractivity contribution < 1.29 is 4.39 Å². The maximum atomic E-state index is 13.3. The molecule has 82 valence electrons. The Morgan fingerprint density at radius 1 is 1.33 bits per heavy atom. The molecule has 1 nitrogen and oxygen atoms in total. The first-order valence-corrected chi connectivity index (χ1v) is 5.74. The quantitative estimate of drug-likeness (QED) is 0.803. The van der Waals surface area contributed by atoms with Crippen LogP contribution in [0.5, 0.6) is 0 Å². The molecule has 0 unspecified atom stereocenters. The smallest absolute Gasteiger partial charge is 0.127 e. The average Bonchev–Trinajstić information content (AvgIpc) is 2.63. The molecule has 1 aliphatic carbocycles. The van der Waals surface area contributed by atoms with Gasteiger partial charge in [-0.2, -0.15) is 0 Å². The van der Waals surface area contributed by atoms with Crippen LogP contribution in [0.4, 0.5) is 4.39 Å². The van der Waals surface area contributed by atoms with E-state index in [2.05, 4.69) is 12.2 Å². The highest BCUT2D eigenvalue weighted by Crippen LogP contribution is 2.25.